The lowest BCUT2D eigenvalue weighted by Gasteiger charge is -2.17. The lowest BCUT2D eigenvalue weighted by atomic mass is 10.1. The second kappa shape index (κ2) is 73.2. The third-order valence-electron chi connectivity index (χ3n) is 11.8. The molecule has 0 aromatic rings. The maximum Gasteiger partial charge on any atom is 0.110 e. The van der Waals surface area contributed by atoms with E-state index in [1.54, 1.807) is 0 Å². The fourth-order valence-electron chi connectivity index (χ4n) is 6.81. The highest BCUT2D eigenvalue weighted by Crippen LogP contribution is 2.22. The van der Waals surface area contributed by atoms with Crippen LogP contribution in [0.2, 0.25) is 0 Å². The second-order valence-electron chi connectivity index (χ2n) is 20.1. The molecule has 0 aromatic carbocycles. The van der Waals surface area contributed by atoms with E-state index < -0.39 is 0 Å². The molecule has 6 atom stereocenters. The Hall–Kier alpha value is 0.920. The maximum atomic E-state index is 5.30. The lowest BCUT2D eigenvalue weighted by Crippen LogP contribution is -2.28. The summed E-state index contributed by atoms with van der Waals surface area (Å²) in [5, 5.41) is 21.4. The van der Waals surface area contributed by atoms with E-state index in [0.717, 1.165) is 112 Å². The van der Waals surface area contributed by atoms with Gasteiger partial charge in [-0.15, -0.1) is 47.0 Å². The Labute approximate surface area is 516 Å². The van der Waals surface area contributed by atoms with E-state index in [4.69, 9.17) is 18.9 Å². The Balaban J connectivity index is -0.000000117. The van der Waals surface area contributed by atoms with Gasteiger partial charge >= 0.3 is 0 Å². The van der Waals surface area contributed by atoms with Crippen LogP contribution < -0.4 is 31.9 Å². The summed E-state index contributed by atoms with van der Waals surface area (Å²) in [7, 11) is 0. The number of thioether (sulfide) groups is 4. The van der Waals surface area contributed by atoms with Crippen molar-refractivity contribution in [1.29, 1.82) is 0 Å². The van der Waals surface area contributed by atoms with Gasteiger partial charge in [-0.25, -0.2) is 0 Å². The summed E-state index contributed by atoms with van der Waals surface area (Å²) >= 11 is 8.11. The first-order chi connectivity index (χ1) is 37.4. The van der Waals surface area contributed by atoms with Crippen molar-refractivity contribution < 1.29 is 18.9 Å². The van der Waals surface area contributed by atoms with Crippen molar-refractivity contribution in [2.45, 2.75) is 262 Å². The van der Waals surface area contributed by atoms with Crippen LogP contribution in [-0.2, 0) is 18.9 Å². The first-order valence-corrected chi connectivity index (χ1v) is 36.4. The third kappa shape index (κ3) is 59.1. The number of nitrogens with zero attached hydrogens (tertiary/aromatic N) is 2. The predicted octanol–water partition coefficient (Wildman–Crippen LogP) is 15.6. The van der Waals surface area contributed by atoms with Crippen molar-refractivity contribution in [3.8, 4) is 0 Å². The van der Waals surface area contributed by atoms with Gasteiger partial charge in [-0.05, 0) is 63.2 Å². The van der Waals surface area contributed by atoms with Gasteiger partial charge < -0.3 is 34.9 Å². The fourth-order valence-corrected chi connectivity index (χ4v) is 11.3. The number of hydrogen-bond donors (Lipinski definition) is 6. The molecular weight excluding hydrogens is 1060 g/mol. The Kier molecular flexibility index (Phi) is 89.1. The minimum absolute atomic E-state index is 0. The van der Waals surface area contributed by atoms with Crippen LogP contribution in [0.3, 0.4) is 0 Å². The van der Waals surface area contributed by atoms with Crippen LogP contribution in [0.1, 0.15) is 215 Å². The van der Waals surface area contributed by atoms with E-state index >= 15 is 0 Å². The molecule has 8 fully saturated rings. The van der Waals surface area contributed by atoms with Gasteiger partial charge in [0, 0.05) is 104 Å². The smallest absolute Gasteiger partial charge is 0.110 e. The topological polar surface area (TPSA) is 116 Å². The summed E-state index contributed by atoms with van der Waals surface area (Å²) in [5.74, 6) is 11.9. The molecule has 6 N–H and O–H groups in total. The Morgan fingerprint density at radius 3 is 1.24 bits per heavy atom. The van der Waals surface area contributed by atoms with Crippen molar-refractivity contribution in [2.75, 3.05) is 114 Å². The van der Waals surface area contributed by atoms with Gasteiger partial charge in [0.05, 0.1) is 51.5 Å². The molecule has 0 saturated carbocycles. The van der Waals surface area contributed by atoms with Gasteiger partial charge in [0.15, 0.2) is 0 Å². The van der Waals surface area contributed by atoms with Crippen molar-refractivity contribution in [3.63, 3.8) is 0 Å². The summed E-state index contributed by atoms with van der Waals surface area (Å²) in [6.45, 7) is 75.4. The molecule has 8 heterocycles. The third-order valence-corrected chi connectivity index (χ3v) is 16.8. The second-order valence-corrected chi connectivity index (χ2v) is 24.7. The SMILES string of the molecule is C.CC.CC.CC.CC.CC.CC.CC.CC(C)C1CNCO1.CC(C)C1CNCS1.CC(C)C1COCN1.CC(C)C1CSCN1.CC(C)C1NCCO1.CC(C)C1NCCS1.CC(C)N1CCOC1.CC(C)N1CCSC1. The van der Waals surface area contributed by atoms with Crippen LogP contribution in [0, 0.1) is 35.5 Å². The lowest BCUT2D eigenvalue weighted by molar-refractivity contribution is 0.0650. The molecule has 8 saturated heterocycles. The first-order valence-electron chi connectivity index (χ1n) is 32.0. The minimum atomic E-state index is 0. The molecule has 79 heavy (non-hydrogen) atoms. The van der Waals surface area contributed by atoms with Crippen LogP contribution in [0.25, 0.3) is 0 Å². The highest BCUT2D eigenvalue weighted by Gasteiger charge is 2.21. The molecule has 0 aromatic heterocycles. The minimum Gasteiger partial charge on any atom is -0.365 e. The molecule has 490 valence electrons. The van der Waals surface area contributed by atoms with Crippen LogP contribution in [-0.4, -0.2) is 171 Å². The highest BCUT2D eigenvalue weighted by molar-refractivity contribution is 8.00. The van der Waals surface area contributed by atoms with Gasteiger partial charge in [-0.1, -0.05) is 187 Å². The average Bonchev–Trinajstić information content (AvgIpc) is 4.31. The normalized spacial score (nSPS) is 23.2. The predicted molar refractivity (Wildman–Crippen MR) is 373 cm³/mol. The zero-order valence-corrected chi connectivity index (χ0v) is 61.2. The monoisotopic (exact) mass is 1210 g/mol. The van der Waals surface area contributed by atoms with E-state index in [-0.39, 0.29) is 7.43 Å². The molecule has 16 heteroatoms. The fraction of sp³-hybridized carbons (Fsp3) is 1.00. The highest BCUT2D eigenvalue weighted by atomic mass is 32.2. The van der Waals surface area contributed by atoms with Gasteiger partial charge in [0.25, 0.3) is 0 Å². The summed E-state index contributed by atoms with van der Waals surface area (Å²) in [4.78, 5) is 4.80. The van der Waals surface area contributed by atoms with E-state index in [1.807, 2.05) is 144 Å². The van der Waals surface area contributed by atoms with Gasteiger partial charge in [-0.3, -0.25) is 25.8 Å². The molecular formula is C63H150N8O4S4. The molecule has 6 unspecified atom stereocenters. The van der Waals surface area contributed by atoms with Gasteiger partial charge in [0.1, 0.15) is 6.23 Å². The van der Waals surface area contributed by atoms with Gasteiger partial charge in [-0.2, -0.15) is 0 Å². The zero-order chi connectivity index (χ0) is 61.9. The Morgan fingerprint density at radius 2 is 1.04 bits per heavy atom. The largest absolute Gasteiger partial charge is 0.365 e. The van der Waals surface area contributed by atoms with Crippen LogP contribution in [0.5, 0.6) is 0 Å². The van der Waals surface area contributed by atoms with Gasteiger partial charge in [0.2, 0.25) is 0 Å². The van der Waals surface area contributed by atoms with Crippen molar-refractivity contribution in [3.05, 3.63) is 0 Å². The maximum absolute atomic E-state index is 5.30. The summed E-state index contributed by atoms with van der Waals surface area (Å²) in [6.07, 6.45) is 0.769. The molecule has 8 rings (SSSR count). The quantitative estimate of drug-likeness (QED) is 0.138. The Morgan fingerprint density at radius 1 is 0.456 bits per heavy atom. The molecule has 8 aliphatic rings. The molecule has 0 spiro atoms. The Bertz CT molecular complexity index is 789. The number of hydrogen-bond acceptors (Lipinski definition) is 16. The van der Waals surface area contributed by atoms with Crippen LogP contribution >= 0.6 is 47.0 Å². The van der Waals surface area contributed by atoms with E-state index in [2.05, 4.69) is 152 Å². The van der Waals surface area contributed by atoms with Crippen molar-refractivity contribution in [2.24, 2.45) is 35.5 Å². The molecule has 0 aliphatic carbocycles. The van der Waals surface area contributed by atoms with E-state index in [0.29, 0.717) is 42.2 Å². The number of nitrogens with one attached hydrogen (secondary N) is 6. The van der Waals surface area contributed by atoms with Crippen LogP contribution in [0.15, 0.2) is 0 Å². The average molecular weight is 1210 g/mol. The molecule has 12 nitrogen and oxygen atoms in total. The number of ether oxygens (including phenoxy) is 4. The molecule has 0 amide bonds. The summed E-state index contributed by atoms with van der Waals surface area (Å²) in [5.41, 5.74) is 0. The number of rotatable bonds is 8. The van der Waals surface area contributed by atoms with E-state index in [9.17, 15) is 0 Å². The zero-order valence-electron chi connectivity index (χ0n) is 58.0. The summed E-state index contributed by atoms with van der Waals surface area (Å²) < 4.78 is 20.9. The molecule has 0 radical (unpaired) electrons. The van der Waals surface area contributed by atoms with Crippen molar-refractivity contribution in [1.82, 2.24) is 41.7 Å². The molecule has 0 bridgehead atoms. The molecule has 8 aliphatic heterocycles. The standard InChI is InChI=1S/4C6H13NO.4C6H13NS.7C2H6.CH4/c1-5(2)6-3-8-4-7-6;1-5(2)6-3-7-4-8-6;1-6(2)7-3-4-8-5-7;1-5(2)6-7-3-4-8-6;1-5(2)6-3-8-4-7-6;1-5(2)6-3-7-4-8-6;1-6(2)7-3-4-8-5-7;1-5(2)6-7-3-4-8-6;7*1-2;/h2*5-7H,3-4H2,1-2H3;6H,3-5H2,1-2H3;3*5-7H,3-4H2,1-2H3;6H,3-5H2,1-2H3;5-7H,3-4H2,1-2H3;7*1-2H3;1H4. The van der Waals surface area contributed by atoms with E-state index in [1.165, 1.54) is 42.8 Å². The first kappa shape index (κ1) is 96.2. The summed E-state index contributed by atoms with van der Waals surface area (Å²) in [6, 6.07) is 2.78. The van der Waals surface area contributed by atoms with Crippen LogP contribution in [0.4, 0.5) is 0 Å². The van der Waals surface area contributed by atoms with Crippen molar-refractivity contribution >= 4 is 47.0 Å².